The molecule has 2 aromatic carbocycles. The average Bonchev–Trinajstić information content (AvgIpc) is 2.94. The Balaban J connectivity index is 1.90. The third kappa shape index (κ3) is 2.30. The van der Waals surface area contributed by atoms with Gasteiger partial charge in [-0.1, -0.05) is 54.6 Å². The Morgan fingerprint density at radius 2 is 1.67 bits per heavy atom. The predicted octanol–water partition coefficient (Wildman–Crippen LogP) is 4.00. The number of anilines is 1. The van der Waals surface area contributed by atoms with E-state index in [1.165, 1.54) is 16.8 Å². The van der Waals surface area contributed by atoms with Crippen LogP contribution < -0.4 is 4.90 Å². The average molecular weight is 235 g/mol. The molecule has 0 saturated heterocycles. The summed E-state index contributed by atoms with van der Waals surface area (Å²) in [6.45, 7) is 1.10. The van der Waals surface area contributed by atoms with Gasteiger partial charge in [-0.05, 0) is 30.0 Å². The molecule has 0 radical (unpaired) electrons. The number of para-hydroxylation sites is 1. The van der Waals surface area contributed by atoms with Gasteiger partial charge in [-0.2, -0.15) is 0 Å². The van der Waals surface area contributed by atoms with Crippen molar-refractivity contribution in [1.82, 2.24) is 0 Å². The molecule has 0 atom stereocenters. The molecule has 0 aromatic heterocycles. The highest BCUT2D eigenvalue weighted by atomic mass is 15.1. The summed E-state index contributed by atoms with van der Waals surface area (Å²) in [5, 5.41) is 0. The first-order valence-electron chi connectivity index (χ1n) is 6.48. The third-order valence-corrected chi connectivity index (χ3v) is 3.36. The van der Waals surface area contributed by atoms with E-state index in [0.717, 1.165) is 19.4 Å². The molecule has 2 aromatic rings. The number of hydrogen-bond acceptors (Lipinski definition) is 1. The lowest BCUT2D eigenvalue weighted by atomic mass is 10.0. The summed E-state index contributed by atoms with van der Waals surface area (Å²) in [7, 11) is 0. The Hall–Kier alpha value is -2.02. The number of rotatable bonds is 3. The molecule has 0 amide bonds. The molecule has 90 valence electrons. The van der Waals surface area contributed by atoms with Gasteiger partial charge in [-0.25, -0.2) is 0 Å². The predicted molar refractivity (Wildman–Crippen MR) is 76.8 cm³/mol. The molecule has 1 aliphatic rings. The Morgan fingerprint density at radius 3 is 2.44 bits per heavy atom. The van der Waals surface area contributed by atoms with E-state index in [2.05, 4.69) is 71.8 Å². The minimum absolute atomic E-state index is 1.00. The van der Waals surface area contributed by atoms with E-state index in [4.69, 9.17) is 0 Å². The Labute approximate surface area is 108 Å². The first kappa shape index (κ1) is 11.1. The van der Waals surface area contributed by atoms with Crippen LogP contribution in [0.4, 0.5) is 5.69 Å². The lowest BCUT2D eigenvalue weighted by Crippen LogP contribution is -2.14. The van der Waals surface area contributed by atoms with Crippen molar-refractivity contribution in [3.63, 3.8) is 0 Å². The first-order chi connectivity index (χ1) is 8.93. The monoisotopic (exact) mass is 235 g/mol. The van der Waals surface area contributed by atoms with Crippen LogP contribution in [0, 0.1) is 0 Å². The van der Waals surface area contributed by atoms with Crippen LogP contribution >= 0.6 is 0 Å². The van der Waals surface area contributed by atoms with Crippen LogP contribution in [-0.4, -0.2) is 6.54 Å². The van der Waals surface area contributed by atoms with Crippen molar-refractivity contribution in [3.05, 3.63) is 78.0 Å². The van der Waals surface area contributed by atoms with Gasteiger partial charge in [0.05, 0.1) is 0 Å². The Morgan fingerprint density at radius 1 is 0.889 bits per heavy atom. The van der Waals surface area contributed by atoms with Crippen LogP contribution in [0.3, 0.4) is 0 Å². The van der Waals surface area contributed by atoms with Crippen molar-refractivity contribution in [1.29, 1.82) is 0 Å². The van der Waals surface area contributed by atoms with Gasteiger partial charge >= 0.3 is 0 Å². The summed E-state index contributed by atoms with van der Waals surface area (Å²) < 4.78 is 0. The fourth-order valence-electron chi connectivity index (χ4n) is 2.45. The molecule has 1 heteroatoms. The normalized spacial score (nSPS) is 14.1. The standard InChI is InChI=1S/C17H17N/c1-2-8-15(9-3-1)14-16-10-4-5-11-17(16)18-12-6-7-13-18/h1-6,8-12H,7,13-14H2. The maximum atomic E-state index is 2.35. The highest BCUT2D eigenvalue weighted by molar-refractivity contribution is 5.58. The third-order valence-electron chi connectivity index (χ3n) is 3.36. The molecule has 0 aliphatic carbocycles. The highest BCUT2D eigenvalue weighted by Gasteiger charge is 2.11. The summed E-state index contributed by atoms with van der Waals surface area (Å²) in [5.74, 6) is 0. The van der Waals surface area contributed by atoms with Crippen LogP contribution in [0.1, 0.15) is 17.5 Å². The summed E-state index contributed by atoms with van der Waals surface area (Å²) >= 11 is 0. The van der Waals surface area contributed by atoms with Crippen molar-refractivity contribution in [2.24, 2.45) is 0 Å². The molecule has 18 heavy (non-hydrogen) atoms. The van der Waals surface area contributed by atoms with E-state index in [-0.39, 0.29) is 0 Å². The first-order valence-corrected chi connectivity index (χ1v) is 6.48. The zero-order valence-corrected chi connectivity index (χ0v) is 10.4. The van der Waals surface area contributed by atoms with Gasteiger partial charge in [0.15, 0.2) is 0 Å². The zero-order valence-electron chi connectivity index (χ0n) is 10.4. The van der Waals surface area contributed by atoms with Crippen LogP contribution in [0.25, 0.3) is 0 Å². The van der Waals surface area contributed by atoms with Crippen molar-refractivity contribution in [3.8, 4) is 0 Å². The van der Waals surface area contributed by atoms with E-state index in [1.807, 2.05) is 0 Å². The lowest BCUT2D eigenvalue weighted by Gasteiger charge is -2.19. The van der Waals surface area contributed by atoms with Crippen molar-refractivity contribution >= 4 is 5.69 Å². The van der Waals surface area contributed by atoms with Crippen LogP contribution in [0.15, 0.2) is 66.9 Å². The fourth-order valence-corrected chi connectivity index (χ4v) is 2.45. The molecular weight excluding hydrogens is 218 g/mol. The summed E-state index contributed by atoms with van der Waals surface area (Å²) in [6.07, 6.45) is 6.59. The largest absolute Gasteiger partial charge is 0.348 e. The summed E-state index contributed by atoms with van der Waals surface area (Å²) in [4.78, 5) is 2.35. The topological polar surface area (TPSA) is 3.24 Å². The quantitative estimate of drug-likeness (QED) is 0.777. The molecule has 0 bridgehead atoms. The summed E-state index contributed by atoms with van der Waals surface area (Å²) in [5.41, 5.74) is 4.11. The molecule has 1 aliphatic heterocycles. The summed E-state index contributed by atoms with van der Waals surface area (Å²) in [6, 6.07) is 19.4. The Kier molecular flexibility index (Phi) is 3.14. The number of nitrogens with zero attached hydrogens (tertiary/aromatic N) is 1. The van der Waals surface area contributed by atoms with Crippen LogP contribution in [0.2, 0.25) is 0 Å². The molecule has 0 spiro atoms. The van der Waals surface area contributed by atoms with E-state index in [1.54, 1.807) is 0 Å². The maximum absolute atomic E-state index is 2.35. The molecule has 1 nitrogen and oxygen atoms in total. The van der Waals surface area contributed by atoms with Gasteiger partial charge in [0.25, 0.3) is 0 Å². The van der Waals surface area contributed by atoms with Crippen molar-refractivity contribution < 1.29 is 0 Å². The molecule has 0 unspecified atom stereocenters. The van der Waals surface area contributed by atoms with Gasteiger partial charge in [0, 0.05) is 18.4 Å². The smallest absolute Gasteiger partial charge is 0.0442 e. The second-order valence-electron chi connectivity index (χ2n) is 4.66. The highest BCUT2D eigenvalue weighted by Crippen LogP contribution is 2.25. The Bertz CT molecular complexity index is 543. The van der Waals surface area contributed by atoms with Gasteiger partial charge in [0.1, 0.15) is 0 Å². The second-order valence-corrected chi connectivity index (χ2v) is 4.66. The lowest BCUT2D eigenvalue weighted by molar-refractivity contribution is 0.985. The number of hydrogen-bond donors (Lipinski definition) is 0. The van der Waals surface area contributed by atoms with E-state index < -0.39 is 0 Å². The molecule has 0 N–H and O–H groups in total. The van der Waals surface area contributed by atoms with Crippen molar-refractivity contribution in [2.75, 3.05) is 11.4 Å². The molecule has 1 heterocycles. The fraction of sp³-hybridized carbons (Fsp3) is 0.176. The maximum Gasteiger partial charge on any atom is 0.0442 e. The van der Waals surface area contributed by atoms with Crippen LogP contribution in [0.5, 0.6) is 0 Å². The minimum atomic E-state index is 1.00. The molecule has 0 saturated carbocycles. The second kappa shape index (κ2) is 5.09. The minimum Gasteiger partial charge on any atom is -0.348 e. The van der Waals surface area contributed by atoms with Gasteiger partial charge in [-0.15, -0.1) is 0 Å². The van der Waals surface area contributed by atoms with Gasteiger partial charge in [-0.3, -0.25) is 0 Å². The van der Waals surface area contributed by atoms with Gasteiger partial charge < -0.3 is 4.90 Å². The molecule has 0 fully saturated rings. The van der Waals surface area contributed by atoms with Crippen LogP contribution in [-0.2, 0) is 6.42 Å². The zero-order chi connectivity index (χ0) is 12.2. The molecule has 3 rings (SSSR count). The van der Waals surface area contributed by atoms with E-state index in [0.29, 0.717) is 0 Å². The van der Waals surface area contributed by atoms with E-state index in [9.17, 15) is 0 Å². The van der Waals surface area contributed by atoms with Crippen molar-refractivity contribution in [2.45, 2.75) is 12.8 Å². The molecular formula is C17H17N. The van der Waals surface area contributed by atoms with E-state index >= 15 is 0 Å². The van der Waals surface area contributed by atoms with Gasteiger partial charge in [0.2, 0.25) is 0 Å². The SMILES string of the molecule is C1=CN(c2ccccc2Cc2ccccc2)CC1. The number of benzene rings is 2.